The Balaban J connectivity index is 1.37. The molecule has 2 heterocycles. The number of rotatable bonds is 4. The third-order valence-corrected chi connectivity index (χ3v) is 5.51. The van der Waals surface area contributed by atoms with Gasteiger partial charge in [0.15, 0.2) is 5.82 Å². The first-order valence-corrected chi connectivity index (χ1v) is 10.2. The van der Waals surface area contributed by atoms with E-state index in [2.05, 4.69) is 59.4 Å². The highest BCUT2D eigenvalue weighted by Crippen LogP contribution is 2.25. The average molecular weight is 389 g/mol. The molecule has 0 aliphatic carbocycles. The number of aromatic nitrogens is 2. The number of anilines is 1. The lowest BCUT2D eigenvalue weighted by Gasteiger charge is -2.19. The Hall–Kier alpha value is -3.08. The molecule has 1 aromatic heterocycles. The van der Waals surface area contributed by atoms with Gasteiger partial charge in [0.1, 0.15) is 0 Å². The molecular weight excluding hydrogens is 360 g/mol. The molecule has 29 heavy (non-hydrogen) atoms. The third kappa shape index (κ3) is 4.34. The van der Waals surface area contributed by atoms with Gasteiger partial charge in [0.25, 0.3) is 5.91 Å². The van der Waals surface area contributed by atoms with Gasteiger partial charge in [-0.25, -0.2) is 0 Å². The van der Waals surface area contributed by atoms with Crippen LogP contribution in [0.25, 0.3) is 11.3 Å². The van der Waals surface area contributed by atoms with E-state index in [0.29, 0.717) is 5.56 Å². The van der Waals surface area contributed by atoms with E-state index in [1.165, 1.54) is 5.56 Å². The molecule has 1 amide bonds. The second kappa shape index (κ2) is 7.74. The first-order valence-electron chi connectivity index (χ1n) is 10.2. The normalized spacial score (nSPS) is 16.8. The fourth-order valence-electron chi connectivity index (χ4n) is 3.72. The molecule has 0 radical (unpaired) electrons. The van der Waals surface area contributed by atoms with Crippen molar-refractivity contribution in [1.29, 1.82) is 0 Å². The molecule has 1 fully saturated rings. The summed E-state index contributed by atoms with van der Waals surface area (Å²) in [6, 6.07) is 20.3. The number of nitrogens with zero attached hydrogens (tertiary/aromatic N) is 2. The predicted molar refractivity (Wildman–Crippen MR) is 117 cm³/mol. The number of nitrogens with one attached hydrogen (secondary N) is 2. The molecule has 1 saturated heterocycles. The molecule has 1 aliphatic rings. The van der Waals surface area contributed by atoms with Crippen LogP contribution in [0.5, 0.6) is 0 Å². The summed E-state index contributed by atoms with van der Waals surface area (Å²) in [4.78, 5) is 14.9. The van der Waals surface area contributed by atoms with Gasteiger partial charge in [-0.15, -0.1) is 0 Å². The molecule has 0 saturated carbocycles. The SMILES string of the molecule is CC(C)(C)c1ccc(C(=O)N[C@H]2CCN(c3cc(-c4ccccc4)[nH]n3)C2)cc1. The zero-order valence-electron chi connectivity index (χ0n) is 17.3. The van der Waals surface area contributed by atoms with Gasteiger partial charge in [0, 0.05) is 30.8 Å². The summed E-state index contributed by atoms with van der Waals surface area (Å²) < 4.78 is 0. The van der Waals surface area contributed by atoms with Crippen LogP contribution in [-0.4, -0.2) is 35.2 Å². The Bertz CT molecular complexity index is 970. The highest BCUT2D eigenvalue weighted by atomic mass is 16.1. The first kappa shape index (κ1) is 19.2. The van der Waals surface area contributed by atoms with Gasteiger partial charge in [-0.1, -0.05) is 63.2 Å². The molecule has 2 aromatic carbocycles. The minimum absolute atomic E-state index is 0.00990. The molecule has 0 bridgehead atoms. The molecular formula is C24H28N4O. The van der Waals surface area contributed by atoms with Crippen LogP contribution in [0.4, 0.5) is 5.82 Å². The Morgan fingerprint density at radius 2 is 1.83 bits per heavy atom. The van der Waals surface area contributed by atoms with Crippen molar-refractivity contribution in [3.05, 3.63) is 71.8 Å². The number of amides is 1. The summed E-state index contributed by atoms with van der Waals surface area (Å²) in [6.07, 6.45) is 0.916. The second-order valence-corrected chi connectivity index (χ2v) is 8.74. The smallest absolute Gasteiger partial charge is 0.251 e. The van der Waals surface area contributed by atoms with Gasteiger partial charge in [0.05, 0.1) is 5.69 Å². The van der Waals surface area contributed by atoms with Crippen LogP contribution in [0, 0.1) is 0 Å². The summed E-state index contributed by atoms with van der Waals surface area (Å²) in [5.41, 5.74) is 4.15. The van der Waals surface area contributed by atoms with Crippen molar-refractivity contribution in [3.8, 4) is 11.3 Å². The predicted octanol–water partition coefficient (Wildman–Crippen LogP) is 4.38. The van der Waals surface area contributed by atoms with E-state index in [-0.39, 0.29) is 17.4 Å². The van der Waals surface area contributed by atoms with Crippen LogP contribution in [0.2, 0.25) is 0 Å². The van der Waals surface area contributed by atoms with E-state index < -0.39 is 0 Å². The molecule has 5 nitrogen and oxygen atoms in total. The fraction of sp³-hybridized carbons (Fsp3) is 0.333. The van der Waals surface area contributed by atoms with Crippen molar-refractivity contribution in [1.82, 2.24) is 15.5 Å². The lowest BCUT2D eigenvalue weighted by Crippen LogP contribution is -2.37. The second-order valence-electron chi connectivity index (χ2n) is 8.74. The number of aromatic amines is 1. The molecule has 3 aromatic rings. The quantitative estimate of drug-likeness (QED) is 0.697. The molecule has 1 atom stereocenters. The zero-order chi connectivity index (χ0) is 20.4. The largest absolute Gasteiger partial charge is 0.353 e. The van der Waals surface area contributed by atoms with Gasteiger partial charge in [-0.2, -0.15) is 5.10 Å². The van der Waals surface area contributed by atoms with Crippen molar-refractivity contribution >= 4 is 11.7 Å². The van der Waals surface area contributed by atoms with Crippen LogP contribution >= 0.6 is 0 Å². The standard InChI is InChI=1S/C24H28N4O/c1-24(2,3)19-11-9-18(10-12-19)23(29)25-20-13-14-28(16-20)22-15-21(26-27-22)17-7-5-4-6-8-17/h4-12,15,20H,13-14,16H2,1-3H3,(H,25,29)(H,26,27)/t20-/m0/s1. The average Bonchev–Trinajstić information content (AvgIpc) is 3.37. The maximum absolute atomic E-state index is 12.6. The first-order chi connectivity index (χ1) is 13.9. The van der Waals surface area contributed by atoms with Gasteiger partial charge >= 0.3 is 0 Å². The zero-order valence-corrected chi connectivity index (χ0v) is 17.3. The lowest BCUT2D eigenvalue weighted by molar-refractivity contribution is 0.0940. The minimum Gasteiger partial charge on any atom is -0.353 e. The maximum atomic E-state index is 12.6. The number of hydrogen-bond donors (Lipinski definition) is 2. The Morgan fingerprint density at radius 3 is 2.52 bits per heavy atom. The van der Waals surface area contributed by atoms with Crippen molar-refractivity contribution in [2.45, 2.75) is 38.6 Å². The van der Waals surface area contributed by atoms with Crippen LogP contribution in [0.1, 0.15) is 43.1 Å². The van der Waals surface area contributed by atoms with Gasteiger partial charge in [-0.05, 0) is 35.1 Å². The molecule has 2 N–H and O–H groups in total. The van der Waals surface area contributed by atoms with Crippen molar-refractivity contribution in [2.75, 3.05) is 18.0 Å². The third-order valence-electron chi connectivity index (χ3n) is 5.51. The van der Waals surface area contributed by atoms with E-state index >= 15 is 0 Å². The molecule has 5 heteroatoms. The molecule has 1 aliphatic heterocycles. The van der Waals surface area contributed by atoms with Gasteiger partial charge in [0.2, 0.25) is 0 Å². The Labute approximate surface area is 172 Å². The van der Waals surface area contributed by atoms with E-state index in [4.69, 9.17) is 0 Å². The van der Waals surface area contributed by atoms with Crippen LogP contribution in [0.3, 0.4) is 0 Å². The molecule has 150 valence electrons. The van der Waals surface area contributed by atoms with Crippen LogP contribution < -0.4 is 10.2 Å². The fourth-order valence-corrected chi connectivity index (χ4v) is 3.72. The number of H-pyrrole nitrogens is 1. The van der Waals surface area contributed by atoms with E-state index in [1.54, 1.807) is 0 Å². The van der Waals surface area contributed by atoms with Gasteiger partial charge in [-0.3, -0.25) is 9.89 Å². The summed E-state index contributed by atoms with van der Waals surface area (Å²) in [7, 11) is 0. The molecule has 4 rings (SSSR count). The Kier molecular flexibility index (Phi) is 5.14. The Morgan fingerprint density at radius 1 is 1.10 bits per heavy atom. The molecule has 0 spiro atoms. The number of benzene rings is 2. The van der Waals surface area contributed by atoms with Crippen molar-refractivity contribution < 1.29 is 4.79 Å². The van der Waals surface area contributed by atoms with Crippen molar-refractivity contribution in [2.24, 2.45) is 0 Å². The van der Waals surface area contributed by atoms with Gasteiger partial charge < -0.3 is 10.2 Å². The van der Waals surface area contributed by atoms with E-state index in [9.17, 15) is 4.79 Å². The summed E-state index contributed by atoms with van der Waals surface area (Å²) in [6.45, 7) is 8.17. The maximum Gasteiger partial charge on any atom is 0.251 e. The molecule has 0 unspecified atom stereocenters. The number of carbonyl (C=O) groups excluding carboxylic acids is 1. The van der Waals surface area contributed by atoms with E-state index in [0.717, 1.165) is 36.6 Å². The van der Waals surface area contributed by atoms with Crippen LogP contribution in [0.15, 0.2) is 60.7 Å². The monoisotopic (exact) mass is 388 g/mol. The summed E-state index contributed by atoms with van der Waals surface area (Å²) in [5, 5.41) is 10.8. The number of hydrogen-bond acceptors (Lipinski definition) is 3. The van der Waals surface area contributed by atoms with Crippen molar-refractivity contribution in [3.63, 3.8) is 0 Å². The minimum atomic E-state index is -0.00990. The van der Waals surface area contributed by atoms with Crippen LogP contribution in [-0.2, 0) is 5.41 Å². The lowest BCUT2D eigenvalue weighted by atomic mass is 9.86. The highest BCUT2D eigenvalue weighted by Gasteiger charge is 2.26. The summed E-state index contributed by atoms with van der Waals surface area (Å²) >= 11 is 0. The summed E-state index contributed by atoms with van der Waals surface area (Å²) in [5.74, 6) is 0.916. The highest BCUT2D eigenvalue weighted by molar-refractivity contribution is 5.94. The van der Waals surface area contributed by atoms with E-state index in [1.807, 2.05) is 42.5 Å². The number of carbonyl (C=O) groups is 1. The topological polar surface area (TPSA) is 61.0 Å².